The van der Waals surface area contributed by atoms with Crippen LogP contribution in [-0.2, 0) is 4.74 Å². The molecule has 1 fully saturated rings. The summed E-state index contributed by atoms with van der Waals surface area (Å²) in [5.74, 6) is -5.18. The van der Waals surface area contributed by atoms with Gasteiger partial charge in [0.1, 0.15) is 0 Å². The van der Waals surface area contributed by atoms with E-state index in [2.05, 4.69) is 10.7 Å². The van der Waals surface area contributed by atoms with Crippen LogP contribution in [-0.4, -0.2) is 37.2 Å². The molecule has 0 bridgehead atoms. The van der Waals surface area contributed by atoms with Crippen LogP contribution in [0.4, 0.5) is 24.5 Å². The van der Waals surface area contributed by atoms with Gasteiger partial charge in [0.25, 0.3) is 5.91 Å². The van der Waals surface area contributed by atoms with E-state index >= 15 is 0 Å². The number of anilines is 2. The molecule has 1 aliphatic heterocycles. The maximum absolute atomic E-state index is 13.3. The monoisotopic (exact) mass is 419 g/mol. The van der Waals surface area contributed by atoms with Crippen LogP contribution >= 0.6 is 23.2 Å². The Kier molecular flexibility index (Phi) is 6.11. The average Bonchev–Trinajstić information content (AvgIpc) is 2.62. The summed E-state index contributed by atoms with van der Waals surface area (Å²) in [6, 6.07) is 4.15. The first-order chi connectivity index (χ1) is 12.8. The molecule has 2 N–H and O–H groups in total. The lowest BCUT2D eigenvalue weighted by molar-refractivity contribution is 0.0497. The predicted molar refractivity (Wildman–Crippen MR) is 96.7 cm³/mol. The summed E-state index contributed by atoms with van der Waals surface area (Å²) in [6.45, 7) is 2.34. The number of hydrogen-bond donors (Lipinski definition) is 2. The Morgan fingerprint density at radius 3 is 2.26 bits per heavy atom. The largest absolute Gasteiger partial charge is 0.379 e. The highest BCUT2D eigenvalue weighted by Gasteiger charge is 2.18. The first-order valence-corrected chi connectivity index (χ1v) is 8.65. The molecule has 144 valence electrons. The number of carbonyl (C=O) groups excluding carboxylic acids is 1. The number of hydrogen-bond acceptors (Lipinski definition) is 4. The van der Waals surface area contributed by atoms with E-state index < -0.39 is 23.4 Å². The van der Waals surface area contributed by atoms with Gasteiger partial charge in [-0.05, 0) is 12.1 Å². The minimum absolute atomic E-state index is 0.0296. The number of nitrogens with zero attached hydrogens (tertiary/aromatic N) is 1. The van der Waals surface area contributed by atoms with Crippen molar-refractivity contribution in [2.75, 3.05) is 37.0 Å². The number of carbonyl (C=O) groups is 1. The summed E-state index contributed by atoms with van der Waals surface area (Å²) < 4.78 is 44.9. The lowest BCUT2D eigenvalue weighted by atomic mass is 10.1. The molecule has 2 aromatic carbocycles. The summed E-state index contributed by atoms with van der Waals surface area (Å²) >= 11 is 12.2. The van der Waals surface area contributed by atoms with Gasteiger partial charge in [0, 0.05) is 30.9 Å². The van der Waals surface area contributed by atoms with E-state index in [4.69, 9.17) is 27.9 Å². The van der Waals surface area contributed by atoms with Crippen LogP contribution in [0, 0.1) is 17.5 Å². The topological polar surface area (TPSA) is 53.6 Å². The number of rotatable bonds is 4. The van der Waals surface area contributed by atoms with E-state index in [1.165, 1.54) is 12.1 Å². The Bertz CT molecular complexity index is 854. The highest BCUT2D eigenvalue weighted by atomic mass is 35.5. The van der Waals surface area contributed by atoms with Crippen LogP contribution in [0.2, 0.25) is 10.0 Å². The van der Waals surface area contributed by atoms with Gasteiger partial charge < -0.3 is 15.5 Å². The van der Waals surface area contributed by atoms with Gasteiger partial charge in [-0.2, -0.15) is 0 Å². The summed E-state index contributed by atoms with van der Waals surface area (Å²) in [5, 5.41) is 4.49. The third-order valence-corrected chi connectivity index (χ3v) is 4.46. The van der Waals surface area contributed by atoms with Gasteiger partial charge in [-0.1, -0.05) is 23.2 Å². The highest BCUT2D eigenvalue weighted by molar-refractivity contribution is 6.38. The molecule has 27 heavy (non-hydrogen) atoms. The van der Waals surface area contributed by atoms with Gasteiger partial charge in [0.05, 0.1) is 34.5 Å². The molecule has 2 aromatic rings. The summed E-state index contributed by atoms with van der Waals surface area (Å²) in [5.41, 5.74) is 3.29. The number of ether oxygens (including phenoxy) is 1. The molecular weight excluding hydrogens is 406 g/mol. The molecule has 0 atom stereocenters. The molecular formula is C17H14Cl2F3N3O2. The zero-order chi connectivity index (χ0) is 19.6. The van der Waals surface area contributed by atoms with E-state index in [0.717, 1.165) is 0 Å². The SMILES string of the molecule is O=C(Nc1cc(F)c(F)c(F)c1)c1cc(NN2CCOCC2)c(Cl)cc1Cl. The third kappa shape index (κ3) is 4.65. The Balaban J connectivity index is 1.82. The second-order valence-electron chi connectivity index (χ2n) is 5.73. The van der Waals surface area contributed by atoms with Crippen LogP contribution in [0.15, 0.2) is 24.3 Å². The molecule has 0 aromatic heterocycles. The normalized spacial score (nSPS) is 14.9. The minimum atomic E-state index is -1.62. The molecule has 0 aliphatic carbocycles. The number of halogens is 5. The zero-order valence-electron chi connectivity index (χ0n) is 13.8. The summed E-state index contributed by atoms with van der Waals surface area (Å²) in [7, 11) is 0. The molecule has 0 unspecified atom stereocenters. The van der Waals surface area contributed by atoms with Gasteiger partial charge in [-0.3, -0.25) is 4.79 Å². The van der Waals surface area contributed by atoms with Crippen molar-refractivity contribution in [2.45, 2.75) is 0 Å². The minimum Gasteiger partial charge on any atom is -0.379 e. The number of nitrogens with one attached hydrogen (secondary N) is 2. The van der Waals surface area contributed by atoms with Crippen molar-refractivity contribution in [3.8, 4) is 0 Å². The molecule has 1 aliphatic rings. The fraction of sp³-hybridized carbons (Fsp3) is 0.235. The van der Waals surface area contributed by atoms with Crippen LogP contribution in [0.1, 0.15) is 10.4 Å². The van der Waals surface area contributed by atoms with Crippen LogP contribution in [0.25, 0.3) is 0 Å². The first kappa shape index (κ1) is 19.8. The molecule has 0 radical (unpaired) electrons. The van der Waals surface area contributed by atoms with Crippen molar-refractivity contribution in [3.05, 3.63) is 57.3 Å². The molecule has 1 saturated heterocycles. The van der Waals surface area contributed by atoms with Crippen molar-refractivity contribution in [1.29, 1.82) is 0 Å². The molecule has 0 spiro atoms. The maximum atomic E-state index is 13.3. The van der Waals surface area contributed by atoms with Crippen molar-refractivity contribution in [2.24, 2.45) is 0 Å². The Hall–Kier alpha value is -2.00. The molecule has 1 heterocycles. The molecule has 3 rings (SSSR count). The van der Waals surface area contributed by atoms with E-state index in [9.17, 15) is 18.0 Å². The fourth-order valence-corrected chi connectivity index (χ4v) is 2.99. The van der Waals surface area contributed by atoms with Crippen molar-refractivity contribution in [1.82, 2.24) is 5.01 Å². The maximum Gasteiger partial charge on any atom is 0.257 e. The van der Waals surface area contributed by atoms with Crippen molar-refractivity contribution in [3.63, 3.8) is 0 Å². The summed E-state index contributed by atoms with van der Waals surface area (Å²) in [4.78, 5) is 12.5. The van der Waals surface area contributed by atoms with E-state index in [0.29, 0.717) is 49.1 Å². The standard InChI is InChI=1S/C17H14Cl2F3N3O2/c18-11-8-12(19)15(24-25-1-3-27-4-2-25)7-10(11)17(26)23-9-5-13(20)16(22)14(21)6-9/h5-8,24H,1-4H2,(H,23,26). The van der Waals surface area contributed by atoms with Crippen LogP contribution < -0.4 is 10.7 Å². The quantitative estimate of drug-likeness (QED) is 0.724. The van der Waals surface area contributed by atoms with Gasteiger partial charge in [0.15, 0.2) is 17.5 Å². The molecule has 10 heteroatoms. The van der Waals surface area contributed by atoms with E-state index in [1.54, 1.807) is 0 Å². The summed E-state index contributed by atoms with van der Waals surface area (Å²) in [6.07, 6.45) is 0. The number of hydrazine groups is 1. The van der Waals surface area contributed by atoms with Crippen molar-refractivity contribution < 1.29 is 22.7 Å². The predicted octanol–water partition coefficient (Wildman–Crippen LogP) is 4.32. The van der Waals surface area contributed by atoms with Crippen LogP contribution in [0.5, 0.6) is 0 Å². The Morgan fingerprint density at radius 1 is 1.00 bits per heavy atom. The second-order valence-corrected chi connectivity index (χ2v) is 6.55. The highest BCUT2D eigenvalue weighted by Crippen LogP contribution is 2.30. The Labute approximate surface area is 163 Å². The van der Waals surface area contributed by atoms with Gasteiger partial charge >= 0.3 is 0 Å². The van der Waals surface area contributed by atoms with Gasteiger partial charge in [0.2, 0.25) is 0 Å². The number of morpholine rings is 1. The lowest BCUT2D eigenvalue weighted by Crippen LogP contribution is -2.40. The number of amides is 1. The van der Waals surface area contributed by atoms with Gasteiger partial charge in [-0.25, -0.2) is 18.2 Å². The second kappa shape index (κ2) is 8.35. The van der Waals surface area contributed by atoms with E-state index in [-0.39, 0.29) is 16.3 Å². The first-order valence-electron chi connectivity index (χ1n) is 7.89. The van der Waals surface area contributed by atoms with Gasteiger partial charge in [-0.15, -0.1) is 0 Å². The fourth-order valence-electron chi connectivity index (χ4n) is 2.48. The average molecular weight is 420 g/mol. The molecule has 1 amide bonds. The van der Waals surface area contributed by atoms with Crippen LogP contribution in [0.3, 0.4) is 0 Å². The molecule has 0 saturated carbocycles. The smallest absolute Gasteiger partial charge is 0.257 e. The lowest BCUT2D eigenvalue weighted by Gasteiger charge is -2.28. The Morgan fingerprint density at radius 2 is 1.63 bits per heavy atom. The number of benzene rings is 2. The van der Waals surface area contributed by atoms with E-state index in [1.807, 2.05) is 5.01 Å². The molecule has 5 nitrogen and oxygen atoms in total. The zero-order valence-corrected chi connectivity index (χ0v) is 15.3. The van der Waals surface area contributed by atoms with Crippen molar-refractivity contribution >= 4 is 40.5 Å². The third-order valence-electron chi connectivity index (χ3n) is 3.83.